The van der Waals surface area contributed by atoms with E-state index in [2.05, 4.69) is 58.4 Å². The molecule has 4 aliphatic heterocycles. The predicted octanol–water partition coefficient (Wildman–Crippen LogP) is 3.94. The average Bonchev–Trinajstić information content (AvgIpc) is 3.53. The van der Waals surface area contributed by atoms with Crippen LogP contribution >= 0.6 is 0 Å². The van der Waals surface area contributed by atoms with Crippen molar-refractivity contribution in [2.75, 3.05) is 49.5 Å². The fraction of sp³-hybridized carbons (Fsp3) is 0.516. The van der Waals surface area contributed by atoms with Gasteiger partial charge in [-0.3, -0.25) is 4.90 Å². The number of hydrogen-bond acceptors (Lipinski definition) is 7. The Hall–Kier alpha value is -3.59. The largest absolute Gasteiger partial charge is 0.461 e. The molecule has 5 heterocycles. The molecular weight excluding hydrogens is 502 g/mol. The van der Waals surface area contributed by atoms with Crippen LogP contribution in [0, 0.1) is 0 Å². The molecule has 9 nitrogen and oxygen atoms in total. The molecule has 4 aliphatic rings. The van der Waals surface area contributed by atoms with E-state index in [1.54, 1.807) is 4.90 Å². The van der Waals surface area contributed by atoms with Crippen LogP contribution in [0.3, 0.4) is 0 Å². The van der Waals surface area contributed by atoms with E-state index in [-0.39, 0.29) is 17.6 Å². The highest BCUT2D eigenvalue weighted by molar-refractivity contribution is 5.97. The van der Waals surface area contributed by atoms with Gasteiger partial charge in [-0.15, -0.1) is 0 Å². The van der Waals surface area contributed by atoms with E-state index in [4.69, 9.17) is 20.4 Å². The summed E-state index contributed by atoms with van der Waals surface area (Å²) in [6, 6.07) is 13.4. The Morgan fingerprint density at radius 2 is 1.88 bits per heavy atom. The zero-order valence-corrected chi connectivity index (χ0v) is 23.4. The van der Waals surface area contributed by atoms with Crippen molar-refractivity contribution in [3.63, 3.8) is 0 Å². The number of nitrogens with two attached hydrogens (primary N) is 1. The summed E-state index contributed by atoms with van der Waals surface area (Å²) in [6.07, 6.45) is 6.67. The first-order chi connectivity index (χ1) is 19.5. The molecule has 0 saturated carbocycles. The lowest BCUT2D eigenvalue weighted by molar-refractivity contribution is 0.107. The predicted molar refractivity (Wildman–Crippen MR) is 157 cm³/mol. The van der Waals surface area contributed by atoms with Gasteiger partial charge in [-0.25, -0.2) is 4.79 Å². The number of primary amides is 1. The number of aryl methyl sites for hydroxylation is 1. The number of rotatable bonds is 7. The molecule has 7 rings (SSSR count). The molecule has 0 atom stereocenters. The highest BCUT2D eigenvalue weighted by Gasteiger charge is 2.45. The number of amides is 2. The van der Waals surface area contributed by atoms with Crippen molar-refractivity contribution in [2.45, 2.75) is 63.6 Å². The molecule has 1 aromatic heterocycles. The second-order valence-corrected chi connectivity index (χ2v) is 11.9. The van der Waals surface area contributed by atoms with E-state index < -0.39 is 0 Å². The van der Waals surface area contributed by atoms with Gasteiger partial charge in [0.15, 0.2) is 0 Å². The van der Waals surface area contributed by atoms with Gasteiger partial charge in [0.2, 0.25) is 0 Å². The normalized spacial score (nSPS) is 20.3. The molecular formula is C31H39N7O2. The fourth-order valence-electron chi connectivity index (χ4n) is 7.36. The van der Waals surface area contributed by atoms with E-state index in [1.807, 2.05) is 0 Å². The minimum Gasteiger partial charge on any atom is -0.461 e. The molecule has 2 aromatic carbocycles. The topological polar surface area (TPSA) is 99.8 Å². The van der Waals surface area contributed by atoms with Gasteiger partial charge in [0.25, 0.3) is 0 Å². The van der Waals surface area contributed by atoms with Crippen molar-refractivity contribution in [3.8, 4) is 6.01 Å². The Bertz CT molecular complexity index is 1420. The Balaban J connectivity index is 1.19. The first kappa shape index (κ1) is 25.4. The summed E-state index contributed by atoms with van der Waals surface area (Å²) in [5.74, 6) is 0.841. The van der Waals surface area contributed by atoms with Crippen molar-refractivity contribution in [1.29, 1.82) is 0 Å². The van der Waals surface area contributed by atoms with Gasteiger partial charge < -0.3 is 25.6 Å². The van der Waals surface area contributed by atoms with Crippen LogP contribution in [0.15, 0.2) is 36.4 Å². The number of nitrogens with one attached hydrogen (secondary N) is 1. The van der Waals surface area contributed by atoms with E-state index in [1.165, 1.54) is 60.8 Å². The molecule has 0 aliphatic carbocycles. The number of aromatic nitrogens is 2. The van der Waals surface area contributed by atoms with Gasteiger partial charge >= 0.3 is 12.0 Å². The first-order valence-corrected chi connectivity index (χ1v) is 14.9. The lowest BCUT2D eigenvalue weighted by atomic mass is 9.95. The van der Waals surface area contributed by atoms with Crippen LogP contribution in [0.25, 0.3) is 10.8 Å². The monoisotopic (exact) mass is 541 g/mol. The van der Waals surface area contributed by atoms with Gasteiger partial charge in [-0.2, -0.15) is 9.97 Å². The van der Waals surface area contributed by atoms with Crippen LogP contribution in [0.5, 0.6) is 6.01 Å². The average molecular weight is 542 g/mol. The maximum absolute atomic E-state index is 11.5. The maximum Gasteiger partial charge on any atom is 0.318 e. The van der Waals surface area contributed by atoms with E-state index >= 15 is 0 Å². The molecule has 3 saturated heterocycles. The smallest absolute Gasteiger partial charge is 0.318 e. The highest BCUT2D eigenvalue weighted by atomic mass is 16.5. The summed E-state index contributed by atoms with van der Waals surface area (Å²) in [7, 11) is 0. The Morgan fingerprint density at radius 3 is 2.62 bits per heavy atom. The second-order valence-electron chi connectivity index (χ2n) is 11.9. The van der Waals surface area contributed by atoms with Gasteiger partial charge in [-0.05, 0) is 68.6 Å². The van der Waals surface area contributed by atoms with Crippen LogP contribution in [0.1, 0.15) is 49.4 Å². The molecule has 9 heteroatoms. The summed E-state index contributed by atoms with van der Waals surface area (Å²) < 4.78 is 6.43. The lowest BCUT2D eigenvalue weighted by Crippen LogP contribution is -2.58. The number of carbonyl (C=O) groups excluding carboxylic acids is 1. The van der Waals surface area contributed by atoms with E-state index in [9.17, 15) is 4.79 Å². The Labute approximate surface area is 235 Å². The van der Waals surface area contributed by atoms with Crippen molar-refractivity contribution in [3.05, 3.63) is 53.2 Å². The Morgan fingerprint density at radius 1 is 1.10 bits per heavy atom. The Kier molecular flexibility index (Phi) is 6.41. The van der Waals surface area contributed by atoms with Crippen molar-refractivity contribution >= 4 is 28.3 Å². The number of nitrogens with zero attached hydrogens (tertiary/aromatic N) is 5. The van der Waals surface area contributed by atoms with Crippen molar-refractivity contribution in [1.82, 2.24) is 19.8 Å². The number of fused-ring (bicyclic) bond motifs is 3. The second kappa shape index (κ2) is 10.1. The quantitative estimate of drug-likeness (QED) is 0.467. The molecule has 0 spiro atoms. The third kappa shape index (κ3) is 4.40. The summed E-state index contributed by atoms with van der Waals surface area (Å²) in [4.78, 5) is 28.2. The molecule has 0 bridgehead atoms. The fourth-order valence-corrected chi connectivity index (χ4v) is 7.36. The molecule has 3 aromatic rings. The van der Waals surface area contributed by atoms with Gasteiger partial charge in [-0.1, -0.05) is 37.3 Å². The molecule has 0 unspecified atom stereocenters. The standard InChI is InChI=1S/C31H39N7O2/c1-2-21-7-3-8-22-9-4-10-26(27(21)22)36-16-11-24-25(19-36)34-30(35-28(24)33-23-17-37(18-23)29(32)39)40-20-31-12-5-14-38(31)15-6-13-31/h3-4,7-10,23H,2,5-6,11-20H2,1H3,(H2,32,39)(H,33,34,35). The minimum atomic E-state index is -0.374. The lowest BCUT2D eigenvalue weighted by Gasteiger charge is -2.39. The molecule has 2 amide bonds. The van der Waals surface area contributed by atoms with Crippen LogP contribution < -0.4 is 20.7 Å². The number of anilines is 2. The summed E-state index contributed by atoms with van der Waals surface area (Å²) >= 11 is 0. The summed E-state index contributed by atoms with van der Waals surface area (Å²) in [6.45, 7) is 7.96. The van der Waals surface area contributed by atoms with Crippen LogP contribution in [0.2, 0.25) is 0 Å². The summed E-state index contributed by atoms with van der Waals surface area (Å²) in [5.41, 5.74) is 10.4. The van der Waals surface area contributed by atoms with Crippen molar-refractivity contribution in [2.24, 2.45) is 5.73 Å². The minimum absolute atomic E-state index is 0.126. The number of hydrogen-bond donors (Lipinski definition) is 2. The van der Waals surface area contributed by atoms with E-state index in [0.29, 0.717) is 32.3 Å². The van der Waals surface area contributed by atoms with Crippen molar-refractivity contribution < 1.29 is 9.53 Å². The maximum atomic E-state index is 11.5. The molecule has 40 heavy (non-hydrogen) atoms. The molecule has 3 fully saturated rings. The van der Waals surface area contributed by atoms with Gasteiger partial charge in [0.05, 0.1) is 23.8 Å². The van der Waals surface area contributed by atoms with Gasteiger partial charge in [0, 0.05) is 36.3 Å². The van der Waals surface area contributed by atoms with Crippen LogP contribution in [0.4, 0.5) is 16.3 Å². The van der Waals surface area contributed by atoms with Crippen LogP contribution in [-0.4, -0.2) is 76.7 Å². The van der Waals surface area contributed by atoms with Crippen LogP contribution in [-0.2, 0) is 19.4 Å². The highest BCUT2D eigenvalue weighted by Crippen LogP contribution is 2.40. The SMILES string of the molecule is CCc1cccc2cccc(N3CCc4c(nc(OCC56CCCN5CCC6)nc4NC4CN(C(N)=O)C4)C3)c12. The number of urea groups is 1. The van der Waals surface area contributed by atoms with E-state index in [0.717, 1.165) is 36.5 Å². The first-order valence-electron chi connectivity index (χ1n) is 14.9. The zero-order valence-electron chi connectivity index (χ0n) is 23.4. The number of likely N-dealkylation sites (tertiary alicyclic amines) is 1. The zero-order chi connectivity index (χ0) is 27.3. The third-order valence-electron chi connectivity index (χ3n) is 9.55. The summed E-state index contributed by atoms with van der Waals surface area (Å²) in [5, 5.41) is 6.21. The number of carbonyl (C=O) groups is 1. The van der Waals surface area contributed by atoms with Gasteiger partial charge in [0.1, 0.15) is 12.4 Å². The third-order valence-corrected chi connectivity index (χ3v) is 9.55. The number of benzene rings is 2. The number of ether oxygens (including phenoxy) is 1. The molecule has 0 radical (unpaired) electrons. The molecule has 3 N–H and O–H groups in total. The molecule has 210 valence electrons.